The van der Waals surface area contributed by atoms with Crippen molar-refractivity contribution >= 4 is 21.8 Å². The second-order valence-corrected chi connectivity index (χ2v) is 10.1. The summed E-state index contributed by atoms with van der Waals surface area (Å²) < 4.78 is 45.6. The van der Waals surface area contributed by atoms with Crippen molar-refractivity contribution in [1.29, 1.82) is 0 Å². The van der Waals surface area contributed by atoms with Gasteiger partial charge in [0.15, 0.2) is 5.69 Å². The fourth-order valence-corrected chi connectivity index (χ4v) is 5.10. The SMILES string of the molecule is Cc1ncc(CN2CCc3c(cc(Cn4ccnc4C)cc3-c3cn(C)nc3C(F)(F)F)C2=O)cc1Br. The molecule has 1 aromatic carbocycles. The van der Waals surface area contributed by atoms with Crippen molar-refractivity contribution < 1.29 is 18.0 Å². The van der Waals surface area contributed by atoms with E-state index in [1.807, 2.05) is 24.5 Å². The largest absolute Gasteiger partial charge is 0.435 e. The Balaban J connectivity index is 1.60. The van der Waals surface area contributed by atoms with Gasteiger partial charge in [0, 0.05) is 67.1 Å². The minimum atomic E-state index is -4.63. The molecule has 5 rings (SSSR count). The Morgan fingerprint density at radius 3 is 2.46 bits per heavy atom. The number of aromatic nitrogens is 5. The summed E-state index contributed by atoms with van der Waals surface area (Å²) in [6.45, 7) is 4.84. The van der Waals surface area contributed by atoms with Gasteiger partial charge in [0.1, 0.15) is 5.82 Å². The van der Waals surface area contributed by atoms with Crippen molar-refractivity contribution in [3.63, 3.8) is 0 Å². The van der Waals surface area contributed by atoms with Gasteiger partial charge in [-0.2, -0.15) is 18.3 Å². The molecule has 0 spiro atoms. The molecule has 1 aliphatic rings. The molecule has 0 fully saturated rings. The summed E-state index contributed by atoms with van der Waals surface area (Å²) in [4.78, 5) is 24.0. The number of nitrogens with zero attached hydrogens (tertiary/aromatic N) is 6. The second kappa shape index (κ2) is 9.44. The molecule has 4 aromatic rings. The zero-order valence-corrected chi connectivity index (χ0v) is 22.1. The van der Waals surface area contributed by atoms with E-state index in [1.165, 1.54) is 13.2 Å². The van der Waals surface area contributed by atoms with Gasteiger partial charge in [0.25, 0.3) is 5.91 Å². The van der Waals surface area contributed by atoms with Gasteiger partial charge in [-0.15, -0.1) is 0 Å². The highest BCUT2D eigenvalue weighted by atomic mass is 79.9. The maximum absolute atomic E-state index is 13.9. The van der Waals surface area contributed by atoms with E-state index >= 15 is 0 Å². The Morgan fingerprint density at radius 2 is 1.78 bits per heavy atom. The minimum Gasteiger partial charge on any atom is -0.334 e. The van der Waals surface area contributed by atoms with Crippen LogP contribution in [-0.4, -0.2) is 41.7 Å². The number of carbonyl (C=O) groups is 1. The van der Waals surface area contributed by atoms with Gasteiger partial charge in [0.05, 0.1) is 5.69 Å². The van der Waals surface area contributed by atoms with Crippen molar-refractivity contribution in [2.24, 2.45) is 7.05 Å². The smallest absolute Gasteiger partial charge is 0.334 e. The van der Waals surface area contributed by atoms with Crippen molar-refractivity contribution in [1.82, 2.24) is 29.2 Å². The predicted octanol–water partition coefficient (Wildman–Crippen LogP) is 5.32. The molecular formula is C26H24BrF3N6O. The molecule has 0 radical (unpaired) electrons. The van der Waals surface area contributed by atoms with Crippen LogP contribution in [0.25, 0.3) is 11.1 Å². The highest BCUT2D eigenvalue weighted by Gasteiger charge is 2.39. The third-order valence-electron chi connectivity index (χ3n) is 6.58. The van der Waals surface area contributed by atoms with E-state index < -0.39 is 11.9 Å². The van der Waals surface area contributed by atoms with E-state index in [0.29, 0.717) is 48.3 Å². The lowest BCUT2D eigenvalue weighted by molar-refractivity contribution is -0.140. The van der Waals surface area contributed by atoms with Crippen LogP contribution in [0.15, 0.2) is 47.5 Å². The maximum Gasteiger partial charge on any atom is 0.435 e. The number of imidazole rings is 1. The lowest BCUT2D eigenvalue weighted by Crippen LogP contribution is -2.37. The first kappa shape index (κ1) is 25.2. The number of halogens is 4. The number of fused-ring (bicyclic) bond motifs is 1. The summed E-state index contributed by atoms with van der Waals surface area (Å²) in [5, 5.41) is 3.70. The Labute approximate surface area is 220 Å². The lowest BCUT2D eigenvalue weighted by atomic mass is 9.88. The van der Waals surface area contributed by atoms with Crippen LogP contribution >= 0.6 is 15.9 Å². The summed E-state index contributed by atoms with van der Waals surface area (Å²) in [6.07, 6.45) is 2.37. The van der Waals surface area contributed by atoms with Crippen LogP contribution in [0.3, 0.4) is 0 Å². The molecule has 192 valence electrons. The second-order valence-electron chi connectivity index (χ2n) is 9.22. The van der Waals surface area contributed by atoms with Crippen LogP contribution in [-0.2, 0) is 32.7 Å². The molecule has 1 amide bonds. The average molecular weight is 573 g/mol. The van der Waals surface area contributed by atoms with Gasteiger partial charge in [0.2, 0.25) is 0 Å². The van der Waals surface area contributed by atoms with Crippen LogP contribution < -0.4 is 0 Å². The number of alkyl halides is 3. The van der Waals surface area contributed by atoms with Crippen LogP contribution in [0.4, 0.5) is 13.2 Å². The topological polar surface area (TPSA) is 68.8 Å². The molecule has 0 saturated heterocycles. The molecule has 0 N–H and O–H groups in total. The van der Waals surface area contributed by atoms with E-state index in [2.05, 4.69) is 31.0 Å². The number of pyridine rings is 1. The number of hydrogen-bond acceptors (Lipinski definition) is 4. The molecule has 3 aromatic heterocycles. The predicted molar refractivity (Wildman–Crippen MR) is 135 cm³/mol. The standard InChI is InChI=1S/C26H24BrF3N6O/c1-15-23(27)10-18(11-32-15)13-36-6-4-19-20(22-14-34(3)33-24(22)26(28,29)30)8-17(9-21(19)25(36)37)12-35-7-5-31-16(35)2/h5,7-11,14H,4,6,12-13H2,1-3H3. The fraction of sp³-hybridized carbons (Fsp3) is 0.308. The summed E-state index contributed by atoms with van der Waals surface area (Å²) in [7, 11) is 1.46. The van der Waals surface area contributed by atoms with Crippen LogP contribution in [0.1, 0.15) is 44.3 Å². The van der Waals surface area contributed by atoms with E-state index in [1.54, 1.807) is 35.6 Å². The molecule has 0 atom stereocenters. The first-order chi connectivity index (χ1) is 17.5. The monoisotopic (exact) mass is 572 g/mol. The maximum atomic E-state index is 13.9. The summed E-state index contributed by atoms with van der Waals surface area (Å²) in [5.74, 6) is 0.544. The molecule has 11 heteroatoms. The van der Waals surface area contributed by atoms with Crippen molar-refractivity contribution in [2.75, 3.05) is 6.54 Å². The third kappa shape index (κ3) is 4.92. The Bertz CT molecular complexity index is 1510. The van der Waals surface area contributed by atoms with Crippen LogP contribution in [0.2, 0.25) is 0 Å². The molecular weight excluding hydrogens is 549 g/mol. The summed E-state index contributed by atoms with van der Waals surface area (Å²) >= 11 is 3.48. The number of aryl methyl sites for hydroxylation is 3. The van der Waals surface area contributed by atoms with E-state index in [4.69, 9.17) is 0 Å². The molecule has 1 aliphatic heterocycles. The fourth-order valence-electron chi connectivity index (χ4n) is 4.71. The van der Waals surface area contributed by atoms with Crippen molar-refractivity contribution in [3.8, 4) is 11.1 Å². The molecule has 0 aliphatic carbocycles. The van der Waals surface area contributed by atoms with Crippen molar-refractivity contribution in [2.45, 2.75) is 39.5 Å². The third-order valence-corrected chi connectivity index (χ3v) is 7.38. The Morgan fingerprint density at radius 1 is 1.03 bits per heavy atom. The van der Waals surface area contributed by atoms with Gasteiger partial charge in [-0.05, 0) is 76.7 Å². The number of rotatable bonds is 5. The number of benzene rings is 1. The van der Waals surface area contributed by atoms with E-state index in [-0.39, 0.29) is 11.5 Å². The van der Waals surface area contributed by atoms with Gasteiger partial charge >= 0.3 is 6.18 Å². The first-order valence-electron chi connectivity index (χ1n) is 11.7. The Kier molecular flexibility index (Phi) is 6.43. The zero-order valence-electron chi connectivity index (χ0n) is 20.5. The van der Waals surface area contributed by atoms with Crippen LogP contribution in [0, 0.1) is 13.8 Å². The van der Waals surface area contributed by atoms with E-state index in [0.717, 1.165) is 26.2 Å². The van der Waals surface area contributed by atoms with Crippen LogP contribution in [0.5, 0.6) is 0 Å². The number of hydrogen-bond donors (Lipinski definition) is 0. The molecule has 37 heavy (non-hydrogen) atoms. The lowest BCUT2D eigenvalue weighted by Gasteiger charge is -2.30. The highest BCUT2D eigenvalue weighted by molar-refractivity contribution is 9.10. The Hall–Kier alpha value is -3.47. The minimum absolute atomic E-state index is 0.0247. The molecule has 0 unspecified atom stereocenters. The summed E-state index contributed by atoms with van der Waals surface area (Å²) in [5.41, 5.74) is 2.84. The zero-order chi connectivity index (χ0) is 26.5. The average Bonchev–Trinajstić information content (AvgIpc) is 3.43. The van der Waals surface area contributed by atoms with Gasteiger partial charge in [-0.25, -0.2) is 4.98 Å². The first-order valence-corrected chi connectivity index (χ1v) is 12.5. The van der Waals surface area contributed by atoms with E-state index in [9.17, 15) is 18.0 Å². The molecule has 0 bridgehead atoms. The number of carbonyl (C=O) groups excluding carboxylic acids is 1. The van der Waals surface area contributed by atoms with Gasteiger partial charge in [-0.1, -0.05) is 0 Å². The van der Waals surface area contributed by atoms with Gasteiger partial charge < -0.3 is 9.47 Å². The molecule has 4 heterocycles. The summed E-state index contributed by atoms with van der Waals surface area (Å²) in [6, 6.07) is 5.47. The quantitative estimate of drug-likeness (QED) is 0.324. The molecule has 0 saturated carbocycles. The molecule has 7 nitrogen and oxygen atoms in total. The normalized spacial score (nSPS) is 13.8. The number of amides is 1. The van der Waals surface area contributed by atoms with Gasteiger partial charge in [-0.3, -0.25) is 14.5 Å². The van der Waals surface area contributed by atoms with Crippen molar-refractivity contribution in [3.05, 3.63) is 86.9 Å². The highest BCUT2D eigenvalue weighted by Crippen LogP contribution is 2.40.